The van der Waals surface area contributed by atoms with Crippen LogP contribution in [0.3, 0.4) is 0 Å². The predicted molar refractivity (Wildman–Crippen MR) is 57.4 cm³/mol. The predicted octanol–water partition coefficient (Wildman–Crippen LogP) is 1.76. The molecule has 0 bridgehead atoms. The van der Waals surface area contributed by atoms with E-state index in [4.69, 9.17) is 17.3 Å². The van der Waals surface area contributed by atoms with E-state index in [0.717, 1.165) is 17.0 Å². The molecule has 2 rings (SSSR count). The van der Waals surface area contributed by atoms with Gasteiger partial charge in [-0.05, 0) is 24.0 Å². The van der Waals surface area contributed by atoms with Crippen LogP contribution in [0.15, 0.2) is 24.3 Å². The lowest BCUT2D eigenvalue weighted by molar-refractivity contribution is 0.211. The Morgan fingerprint density at radius 3 is 2.71 bits per heavy atom. The summed E-state index contributed by atoms with van der Waals surface area (Å²) in [5.41, 5.74) is 6.67. The molecule has 0 heterocycles. The number of aliphatic hydroxyl groups excluding tert-OH is 1. The fraction of sp³-hybridized carbons (Fsp3) is 0.455. The van der Waals surface area contributed by atoms with Crippen molar-refractivity contribution in [2.45, 2.75) is 12.3 Å². The van der Waals surface area contributed by atoms with Crippen LogP contribution in [0.4, 0.5) is 0 Å². The molecule has 1 aromatic carbocycles. The van der Waals surface area contributed by atoms with Crippen molar-refractivity contribution >= 4 is 11.6 Å². The fourth-order valence-electron chi connectivity index (χ4n) is 2.01. The van der Waals surface area contributed by atoms with Crippen molar-refractivity contribution in [2.24, 2.45) is 11.1 Å². The summed E-state index contributed by atoms with van der Waals surface area (Å²) >= 11 is 6.08. The van der Waals surface area contributed by atoms with E-state index in [-0.39, 0.29) is 12.0 Å². The molecule has 0 spiro atoms. The molecule has 0 aliphatic heterocycles. The van der Waals surface area contributed by atoms with Gasteiger partial charge in [-0.1, -0.05) is 29.8 Å². The molecular weight excluding hydrogens is 198 g/mol. The number of halogens is 1. The quantitative estimate of drug-likeness (QED) is 0.801. The average molecular weight is 212 g/mol. The Morgan fingerprint density at radius 2 is 2.21 bits per heavy atom. The van der Waals surface area contributed by atoms with E-state index in [1.807, 2.05) is 24.3 Å². The standard InChI is InChI=1S/C11H14ClNO/c12-10-4-2-1-3-8(10)9-5-11(9,6-13)7-14/h1-4,9,14H,5-7,13H2/t9-,11+/m1/s1. The molecule has 0 unspecified atom stereocenters. The zero-order valence-corrected chi connectivity index (χ0v) is 8.67. The maximum absolute atomic E-state index is 9.26. The van der Waals surface area contributed by atoms with Crippen molar-refractivity contribution in [1.29, 1.82) is 0 Å². The van der Waals surface area contributed by atoms with Crippen molar-refractivity contribution < 1.29 is 5.11 Å². The lowest BCUT2D eigenvalue weighted by Gasteiger charge is -2.11. The molecule has 1 aliphatic rings. The van der Waals surface area contributed by atoms with Gasteiger partial charge in [0.25, 0.3) is 0 Å². The molecule has 1 aromatic rings. The van der Waals surface area contributed by atoms with Crippen molar-refractivity contribution in [3.8, 4) is 0 Å². The van der Waals surface area contributed by atoms with Gasteiger partial charge >= 0.3 is 0 Å². The Kier molecular flexibility index (Phi) is 2.52. The van der Waals surface area contributed by atoms with Gasteiger partial charge < -0.3 is 10.8 Å². The van der Waals surface area contributed by atoms with Crippen molar-refractivity contribution in [3.63, 3.8) is 0 Å². The molecule has 2 atom stereocenters. The Hall–Kier alpha value is -0.570. The maximum atomic E-state index is 9.26. The highest BCUT2D eigenvalue weighted by Gasteiger charge is 2.53. The van der Waals surface area contributed by atoms with Gasteiger partial charge in [0, 0.05) is 17.0 Å². The molecule has 3 heteroatoms. The molecule has 2 nitrogen and oxygen atoms in total. The third-order valence-corrected chi connectivity index (χ3v) is 3.54. The third-order valence-electron chi connectivity index (χ3n) is 3.19. The molecular formula is C11H14ClNO. The topological polar surface area (TPSA) is 46.2 Å². The summed E-state index contributed by atoms with van der Waals surface area (Å²) in [6, 6.07) is 7.78. The number of rotatable bonds is 3. The minimum Gasteiger partial charge on any atom is -0.396 e. The van der Waals surface area contributed by atoms with Gasteiger partial charge in [-0.2, -0.15) is 0 Å². The first-order chi connectivity index (χ1) is 6.73. The summed E-state index contributed by atoms with van der Waals surface area (Å²) in [5, 5.41) is 10.0. The second-order valence-electron chi connectivity index (χ2n) is 4.00. The van der Waals surface area contributed by atoms with E-state index in [9.17, 15) is 5.11 Å². The molecule has 1 fully saturated rings. The first-order valence-corrected chi connectivity index (χ1v) is 5.17. The number of benzene rings is 1. The third kappa shape index (κ3) is 1.44. The minimum absolute atomic E-state index is 0.106. The highest BCUT2D eigenvalue weighted by atomic mass is 35.5. The van der Waals surface area contributed by atoms with Crippen molar-refractivity contribution in [3.05, 3.63) is 34.9 Å². The fourth-order valence-corrected chi connectivity index (χ4v) is 2.28. The zero-order chi connectivity index (χ0) is 10.2. The van der Waals surface area contributed by atoms with Gasteiger partial charge in [0.15, 0.2) is 0 Å². The second kappa shape index (κ2) is 3.54. The van der Waals surface area contributed by atoms with Gasteiger partial charge in [0.2, 0.25) is 0 Å². The Balaban J connectivity index is 2.24. The number of aliphatic hydroxyl groups is 1. The summed E-state index contributed by atoms with van der Waals surface area (Å²) in [7, 11) is 0. The molecule has 0 amide bonds. The maximum Gasteiger partial charge on any atom is 0.0505 e. The lowest BCUT2D eigenvalue weighted by Crippen LogP contribution is -2.21. The van der Waals surface area contributed by atoms with Crippen LogP contribution in [0.25, 0.3) is 0 Å². The SMILES string of the molecule is NC[C@]1(CO)C[C@@H]1c1ccccc1Cl. The van der Waals surface area contributed by atoms with Crippen LogP contribution < -0.4 is 5.73 Å². The van der Waals surface area contributed by atoms with Gasteiger partial charge in [-0.3, -0.25) is 0 Å². The first-order valence-electron chi connectivity index (χ1n) is 4.79. The number of hydrogen-bond donors (Lipinski definition) is 2. The van der Waals surface area contributed by atoms with Crippen LogP contribution in [-0.4, -0.2) is 18.3 Å². The molecule has 0 aromatic heterocycles. The number of nitrogens with two attached hydrogens (primary N) is 1. The minimum atomic E-state index is -0.106. The van der Waals surface area contributed by atoms with Gasteiger partial charge in [0.05, 0.1) is 6.61 Å². The summed E-state index contributed by atoms with van der Waals surface area (Å²) in [6.45, 7) is 0.679. The second-order valence-corrected chi connectivity index (χ2v) is 4.41. The Labute approximate surface area is 88.7 Å². The first kappa shape index (κ1) is 9.97. The van der Waals surface area contributed by atoms with Crippen molar-refractivity contribution in [1.82, 2.24) is 0 Å². The van der Waals surface area contributed by atoms with Crippen LogP contribution in [0.1, 0.15) is 17.9 Å². The normalized spacial score (nSPS) is 30.4. The van der Waals surface area contributed by atoms with E-state index < -0.39 is 0 Å². The summed E-state index contributed by atoms with van der Waals surface area (Å²) in [5.74, 6) is 0.339. The van der Waals surface area contributed by atoms with Gasteiger partial charge in [-0.25, -0.2) is 0 Å². The van der Waals surface area contributed by atoms with Crippen LogP contribution in [0.5, 0.6) is 0 Å². The molecule has 76 valence electrons. The summed E-state index contributed by atoms with van der Waals surface area (Å²) in [6.07, 6.45) is 0.948. The van der Waals surface area contributed by atoms with Crippen LogP contribution in [-0.2, 0) is 0 Å². The van der Waals surface area contributed by atoms with E-state index in [1.54, 1.807) is 0 Å². The van der Waals surface area contributed by atoms with E-state index in [1.165, 1.54) is 0 Å². The van der Waals surface area contributed by atoms with Crippen LogP contribution in [0.2, 0.25) is 5.02 Å². The highest BCUT2D eigenvalue weighted by molar-refractivity contribution is 6.31. The van der Waals surface area contributed by atoms with Crippen LogP contribution in [0, 0.1) is 5.41 Å². The van der Waals surface area contributed by atoms with E-state index in [2.05, 4.69) is 0 Å². The number of hydrogen-bond acceptors (Lipinski definition) is 2. The average Bonchev–Trinajstić information content (AvgIpc) is 2.94. The lowest BCUT2D eigenvalue weighted by atomic mass is 10.0. The van der Waals surface area contributed by atoms with E-state index >= 15 is 0 Å². The molecule has 1 aliphatic carbocycles. The largest absolute Gasteiger partial charge is 0.396 e. The molecule has 14 heavy (non-hydrogen) atoms. The molecule has 0 radical (unpaired) electrons. The molecule has 3 N–H and O–H groups in total. The molecule has 0 saturated heterocycles. The Bertz CT molecular complexity index is 336. The molecule has 1 saturated carbocycles. The van der Waals surface area contributed by atoms with Crippen molar-refractivity contribution in [2.75, 3.05) is 13.2 Å². The zero-order valence-electron chi connectivity index (χ0n) is 7.91. The van der Waals surface area contributed by atoms with E-state index in [0.29, 0.717) is 12.5 Å². The summed E-state index contributed by atoms with van der Waals surface area (Å²) in [4.78, 5) is 0. The Morgan fingerprint density at radius 1 is 1.50 bits per heavy atom. The van der Waals surface area contributed by atoms with Gasteiger partial charge in [-0.15, -0.1) is 0 Å². The van der Waals surface area contributed by atoms with Crippen LogP contribution >= 0.6 is 11.6 Å². The monoisotopic (exact) mass is 211 g/mol. The summed E-state index contributed by atoms with van der Waals surface area (Å²) < 4.78 is 0. The smallest absolute Gasteiger partial charge is 0.0505 e. The van der Waals surface area contributed by atoms with Gasteiger partial charge in [0.1, 0.15) is 0 Å². The highest BCUT2D eigenvalue weighted by Crippen LogP contribution is 2.59.